The highest BCUT2D eigenvalue weighted by Crippen LogP contribution is 2.05. The van der Waals surface area contributed by atoms with Crippen molar-refractivity contribution in [2.45, 2.75) is 6.54 Å². The monoisotopic (exact) mass is 204 g/mol. The molecule has 0 heterocycles. The first kappa shape index (κ1) is 11.1. The largest absolute Gasteiger partial charge is 0.200 e. The standard InChI is InChI=1S/C10H12N4O/c1-13(14(12-15)8-7-11)9-10-5-3-2-4-6-10/h2-6H,8-9H2,1H3. The maximum atomic E-state index is 10.4. The summed E-state index contributed by atoms with van der Waals surface area (Å²) in [5.74, 6) is 0. The van der Waals surface area contributed by atoms with Gasteiger partial charge < -0.3 is 0 Å². The molecule has 5 nitrogen and oxygen atoms in total. The third-order valence-corrected chi connectivity index (χ3v) is 1.95. The van der Waals surface area contributed by atoms with Gasteiger partial charge in [-0.05, 0) is 5.56 Å². The van der Waals surface area contributed by atoms with E-state index in [9.17, 15) is 4.91 Å². The molecular weight excluding hydrogens is 192 g/mol. The normalized spacial score (nSPS) is 9.67. The smallest absolute Gasteiger partial charge is 0.143 e. The molecule has 0 saturated carbocycles. The van der Waals surface area contributed by atoms with E-state index >= 15 is 0 Å². The molecular formula is C10H12N4O. The quantitative estimate of drug-likeness (QED) is 0.414. The molecule has 0 bridgehead atoms. The first-order chi connectivity index (χ1) is 7.27. The van der Waals surface area contributed by atoms with E-state index in [0.717, 1.165) is 10.7 Å². The molecule has 0 unspecified atom stereocenters. The van der Waals surface area contributed by atoms with Gasteiger partial charge in [-0.1, -0.05) is 30.3 Å². The van der Waals surface area contributed by atoms with Crippen LogP contribution in [0.3, 0.4) is 0 Å². The average molecular weight is 204 g/mol. The molecule has 1 aromatic rings. The van der Waals surface area contributed by atoms with E-state index in [-0.39, 0.29) is 6.54 Å². The Bertz CT molecular complexity index is 346. The molecule has 0 radical (unpaired) electrons. The summed E-state index contributed by atoms with van der Waals surface area (Å²) >= 11 is 0. The SMILES string of the molecule is CN(Cc1ccccc1)N(CC#N)N=O. The lowest BCUT2D eigenvalue weighted by Gasteiger charge is -2.23. The second-order valence-corrected chi connectivity index (χ2v) is 3.07. The van der Waals surface area contributed by atoms with Crippen LogP contribution in [-0.2, 0) is 6.54 Å². The molecule has 15 heavy (non-hydrogen) atoms. The Morgan fingerprint density at radius 1 is 1.40 bits per heavy atom. The van der Waals surface area contributed by atoms with Crippen LogP contribution in [0.4, 0.5) is 0 Å². The minimum atomic E-state index is -0.0349. The summed E-state index contributed by atoms with van der Waals surface area (Å²) in [6, 6.07) is 11.5. The summed E-state index contributed by atoms with van der Waals surface area (Å²) in [5.41, 5.74) is 1.06. The highest BCUT2D eigenvalue weighted by molar-refractivity contribution is 5.14. The molecule has 5 heteroatoms. The molecule has 0 aliphatic heterocycles. The molecule has 0 atom stereocenters. The Labute approximate surface area is 88.4 Å². The van der Waals surface area contributed by atoms with Crippen LogP contribution in [0.5, 0.6) is 0 Å². The summed E-state index contributed by atoms with van der Waals surface area (Å²) in [6.45, 7) is 0.515. The predicted octanol–water partition coefficient (Wildman–Crippen LogP) is 1.54. The van der Waals surface area contributed by atoms with E-state index in [1.807, 2.05) is 36.4 Å². The molecule has 0 saturated heterocycles. The lowest BCUT2D eigenvalue weighted by molar-refractivity contribution is 0.00505. The molecule has 1 rings (SSSR count). The van der Waals surface area contributed by atoms with E-state index in [4.69, 9.17) is 5.26 Å². The second-order valence-electron chi connectivity index (χ2n) is 3.07. The van der Waals surface area contributed by atoms with Gasteiger partial charge in [-0.25, -0.2) is 0 Å². The fraction of sp³-hybridized carbons (Fsp3) is 0.300. The number of benzene rings is 1. The van der Waals surface area contributed by atoms with Crippen molar-refractivity contribution < 1.29 is 0 Å². The van der Waals surface area contributed by atoms with Crippen molar-refractivity contribution in [2.75, 3.05) is 13.6 Å². The van der Waals surface area contributed by atoms with Gasteiger partial charge in [0.15, 0.2) is 0 Å². The highest BCUT2D eigenvalue weighted by atomic mass is 16.3. The number of rotatable bonds is 5. The van der Waals surface area contributed by atoms with Crippen molar-refractivity contribution in [3.05, 3.63) is 40.8 Å². The Balaban J connectivity index is 2.58. The van der Waals surface area contributed by atoms with Crippen LogP contribution >= 0.6 is 0 Å². The van der Waals surface area contributed by atoms with Crippen LogP contribution in [0, 0.1) is 16.2 Å². The van der Waals surface area contributed by atoms with Crippen LogP contribution in [0.2, 0.25) is 0 Å². The minimum Gasteiger partial charge on any atom is -0.200 e. The van der Waals surface area contributed by atoms with Crippen LogP contribution < -0.4 is 0 Å². The van der Waals surface area contributed by atoms with Gasteiger partial charge in [0.1, 0.15) is 6.54 Å². The molecule has 0 fully saturated rings. The second kappa shape index (κ2) is 5.73. The Hall–Kier alpha value is -1.93. The Morgan fingerprint density at radius 2 is 2.07 bits per heavy atom. The number of hydrogen-bond acceptors (Lipinski definition) is 4. The van der Waals surface area contributed by atoms with E-state index < -0.39 is 0 Å². The van der Waals surface area contributed by atoms with E-state index in [1.54, 1.807) is 12.1 Å². The van der Waals surface area contributed by atoms with Crippen molar-refractivity contribution >= 4 is 0 Å². The molecule has 0 amide bonds. The van der Waals surface area contributed by atoms with Gasteiger partial charge in [-0.15, -0.1) is 4.91 Å². The minimum absolute atomic E-state index is 0.0349. The van der Waals surface area contributed by atoms with Gasteiger partial charge in [-0.3, -0.25) is 0 Å². The number of hydrogen-bond donors (Lipinski definition) is 0. The van der Waals surface area contributed by atoms with Crippen LogP contribution in [-0.4, -0.2) is 23.7 Å². The number of nitriles is 1. The van der Waals surface area contributed by atoms with E-state index in [1.165, 1.54) is 0 Å². The first-order valence-corrected chi connectivity index (χ1v) is 4.50. The summed E-state index contributed by atoms with van der Waals surface area (Å²) in [6.07, 6.45) is 0. The Kier molecular flexibility index (Phi) is 4.26. The summed E-state index contributed by atoms with van der Waals surface area (Å²) < 4.78 is 0. The van der Waals surface area contributed by atoms with Crippen LogP contribution in [0.25, 0.3) is 0 Å². The van der Waals surface area contributed by atoms with Crippen molar-refractivity contribution in [1.82, 2.24) is 10.1 Å². The van der Waals surface area contributed by atoms with Gasteiger partial charge in [-0.2, -0.15) is 15.4 Å². The molecule has 0 aliphatic rings. The van der Waals surface area contributed by atoms with Gasteiger partial charge in [0, 0.05) is 13.6 Å². The van der Waals surface area contributed by atoms with Gasteiger partial charge >= 0.3 is 0 Å². The summed E-state index contributed by atoms with van der Waals surface area (Å²) in [7, 11) is 1.71. The van der Waals surface area contributed by atoms with Crippen molar-refractivity contribution in [3.63, 3.8) is 0 Å². The van der Waals surface area contributed by atoms with E-state index in [0.29, 0.717) is 6.54 Å². The van der Waals surface area contributed by atoms with Crippen molar-refractivity contribution in [1.29, 1.82) is 5.26 Å². The highest BCUT2D eigenvalue weighted by Gasteiger charge is 2.09. The van der Waals surface area contributed by atoms with Crippen LogP contribution in [0.15, 0.2) is 35.6 Å². The average Bonchev–Trinajstić information content (AvgIpc) is 2.27. The zero-order chi connectivity index (χ0) is 11.1. The molecule has 0 aromatic heterocycles. The fourth-order valence-corrected chi connectivity index (χ4v) is 1.20. The van der Waals surface area contributed by atoms with E-state index in [2.05, 4.69) is 5.29 Å². The summed E-state index contributed by atoms with van der Waals surface area (Å²) in [5, 5.41) is 13.9. The first-order valence-electron chi connectivity index (χ1n) is 4.50. The number of hydrazine groups is 1. The third kappa shape index (κ3) is 3.37. The zero-order valence-corrected chi connectivity index (χ0v) is 8.50. The third-order valence-electron chi connectivity index (χ3n) is 1.95. The molecule has 0 spiro atoms. The van der Waals surface area contributed by atoms with Gasteiger partial charge in [0.25, 0.3) is 0 Å². The molecule has 0 aliphatic carbocycles. The van der Waals surface area contributed by atoms with Crippen molar-refractivity contribution in [2.24, 2.45) is 5.29 Å². The Morgan fingerprint density at radius 3 is 2.60 bits per heavy atom. The van der Waals surface area contributed by atoms with Gasteiger partial charge in [0.05, 0.1) is 11.4 Å². The van der Waals surface area contributed by atoms with Crippen LogP contribution in [0.1, 0.15) is 5.56 Å². The number of nitrogens with zero attached hydrogens (tertiary/aromatic N) is 4. The van der Waals surface area contributed by atoms with Crippen molar-refractivity contribution in [3.8, 4) is 6.07 Å². The zero-order valence-electron chi connectivity index (χ0n) is 8.50. The van der Waals surface area contributed by atoms with Gasteiger partial charge in [0.2, 0.25) is 0 Å². The fourth-order valence-electron chi connectivity index (χ4n) is 1.20. The molecule has 0 N–H and O–H groups in total. The summed E-state index contributed by atoms with van der Waals surface area (Å²) in [4.78, 5) is 10.4. The maximum Gasteiger partial charge on any atom is 0.143 e. The molecule has 78 valence electrons. The maximum absolute atomic E-state index is 10.4. The lowest BCUT2D eigenvalue weighted by atomic mass is 10.2. The topological polar surface area (TPSA) is 59.7 Å². The number of nitroso groups, excluding NO2 is 1. The molecule has 1 aromatic carbocycles. The predicted molar refractivity (Wildman–Crippen MR) is 56.0 cm³/mol. The lowest BCUT2D eigenvalue weighted by Crippen LogP contribution is -2.35.